The quantitative estimate of drug-likeness (QED) is 0.882. The Morgan fingerprint density at radius 3 is 2.76 bits per heavy atom. The van der Waals surface area contributed by atoms with Crippen molar-refractivity contribution in [1.82, 2.24) is 10.3 Å². The monoisotopic (exact) mass is 340 g/mol. The highest BCUT2D eigenvalue weighted by molar-refractivity contribution is 5.88. The summed E-state index contributed by atoms with van der Waals surface area (Å²) in [5.41, 5.74) is 1.23. The number of benzene rings is 1. The summed E-state index contributed by atoms with van der Waals surface area (Å²) in [6.07, 6.45) is 2.57. The summed E-state index contributed by atoms with van der Waals surface area (Å²) in [5, 5.41) is 14.1. The lowest BCUT2D eigenvalue weighted by atomic mass is 9.91. The van der Waals surface area contributed by atoms with Crippen LogP contribution in [0.15, 0.2) is 30.5 Å². The molecule has 1 saturated carbocycles. The zero-order valence-corrected chi connectivity index (χ0v) is 13.1. The van der Waals surface area contributed by atoms with Crippen molar-refractivity contribution in [3.05, 3.63) is 58.8 Å². The smallest absolute Gasteiger partial charge is 0.320 e. The molecule has 1 fully saturated rings. The second-order valence-corrected chi connectivity index (χ2v) is 6.32. The van der Waals surface area contributed by atoms with Crippen LogP contribution in [-0.2, 0) is 6.42 Å². The summed E-state index contributed by atoms with van der Waals surface area (Å²) in [7, 11) is 0. The number of carbonyl (C=O) groups is 1. The van der Waals surface area contributed by atoms with E-state index >= 15 is 0 Å². The maximum absolute atomic E-state index is 14.1. The first-order valence-corrected chi connectivity index (χ1v) is 7.99. The molecule has 126 valence electrons. The van der Waals surface area contributed by atoms with E-state index < -0.39 is 11.8 Å². The average molecular weight is 340 g/mol. The maximum atomic E-state index is 14.1. The Labute approximate surface area is 142 Å². The number of rotatable bonds is 2. The maximum Gasteiger partial charge on any atom is 0.320 e. The van der Waals surface area contributed by atoms with Crippen molar-refractivity contribution in [2.75, 3.05) is 5.32 Å². The summed E-state index contributed by atoms with van der Waals surface area (Å²) >= 11 is 0. The van der Waals surface area contributed by atoms with Crippen LogP contribution in [-0.4, -0.2) is 17.1 Å². The summed E-state index contributed by atoms with van der Waals surface area (Å²) in [6, 6.07) is 6.67. The molecular formula is C18H14F2N4O. The first-order valence-electron chi connectivity index (χ1n) is 7.99. The normalized spacial score (nSPS) is 23.0. The van der Waals surface area contributed by atoms with Crippen LogP contribution in [0.3, 0.4) is 0 Å². The molecule has 0 spiro atoms. The average Bonchev–Trinajstić information content (AvgIpc) is 3.31. The third-order valence-corrected chi connectivity index (χ3v) is 4.91. The number of amides is 2. The lowest BCUT2D eigenvalue weighted by Gasteiger charge is -2.15. The minimum absolute atomic E-state index is 0.128. The van der Waals surface area contributed by atoms with Crippen LogP contribution in [0.1, 0.15) is 29.0 Å². The van der Waals surface area contributed by atoms with Crippen LogP contribution in [0.2, 0.25) is 0 Å². The van der Waals surface area contributed by atoms with Gasteiger partial charge < -0.3 is 5.32 Å². The summed E-state index contributed by atoms with van der Waals surface area (Å²) in [5.74, 6) is -0.531. The second kappa shape index (κ2) is 5.81. The minimum atomic E-state index is -0.449. The molecule has 1 aromatic heterocycles. The number of carbonyl (C=O) groups excluding carboxylic acids is 1. The van der Waals surface area contributed by atoms with Crippen LogP contribution in [0.5, 0.6) is 0 Å². The van der Waals surface area contributed by atoms with Gasteiger partial charge in [-0.25, -0.2) is 18.6 Å². The van der Waals surface area contributed by atoms with Gasteiger partial charge in [-0.1, -0.05) is 0 Å². The fourth-order valence-electron chi connectivity index (χ4n) is 3.70. The van der Waals surface area contributed by atoms with E-state index in [2.05, 4.69) is 15.6 Å². The lowest BCUT2D eigenvalue weighted by Crippen LogP contribution is -2.32. The van der Waals surface area contributed by atoms with E-state index in [0.717, 1.165) is 18.6 Å². The zero-order valence-electron chi connectivity index (χ0n) is 13.1. The first kappa shape index (κ1) is 15.5. The number of nitriles is 1. The molecule has 0 bridgehead atoms. The Morgan fingerprint density at radius 1 is 1.24 bits per heavy atom. The van der Waals surface area contributed by atoms with Crippen molar-refractivity contribution < 1.29 is 13.6 Å². The molecule has 2 aromatic rings. The molecule has 2 amide bonds. The van der Waals surface area contributed by atoms with E-state index in [1.54, 1.807) is 6.07 Å². The molecule has 2 aliphatic rings. The Bertz CT molecular complexity index is 891. The van der Waals surface area contributed by atoms with Gasteiger partial charge in [0.2, 0.25) is 0 Å². The zero-order chi connectivity index (χ0) is 17.6. The van der Waals surface area contributed by atoms with Crippen molar-refractivity contribution in [2.24, 2.45) is 5.92 Å². The van der Waals surface area contributed by atoms with Crippen LogP contribution in [0, 0.1) is 28.9 Å². The predicted octanol–water partition coefficient (Wildman–Crippen LogP) is 3.08. The van der Waals surface area contributed by atoms with Gasteiger partial charge in [0.1, 0.15) is 23.5 Å². The van der Waals surface area contributed by atoms with Crippen LogP contribution >= 0.6 is 0 Å². The van der Waals surface area contributed by atoms with Gasteiger partial charge in [-0.3, -0.25) is 5.32 Å². The molecule has 25 heavy (non-hydrogen) atoms. The topological polar surface area (TPSA) is 77.8 Å². The molecule has 0 saturated heterocycles. The number of aromatic nitrogens is 1. The van der Waals surface area contributed by atoms with Crippen molar-refractivity contribution in [3.8, 4) is 6.07 Å². The Kier molecular flexibility index (Phi) is 3.61. The highest BCUT2D eigenvalue weighted by atomic mass is 19.1. The molecule has 0 aliphatic heterocycles. The molecule has 1 aromatic carbocycles. The summed E-state index contributed by atoms with van der Waals surface area (Å²) < 4.78 is 28.0. The molecule has 0 radical (unpaired) electrons. The molecule has 2 N–H and O–H groups in total. The Morgan fingerprint density at radius 2 is 2.04 bits per heavy atom. The van der Waals surface area contributed by atoms with Crippen LogP contribution < -0.4 is 10.6 Å². The van der Waals surface area contributed by atoms with E-state index in [1.807, 2.05) is 6.07 Å². The molecule has 4 rings (SSSR count). The summed E-state index contributed by atoms with van der Waals surface area (Å²) in [6.45, 7) is 0. The minimum Gasteiger partial charge on any atom is -0.334 e. The number of nitrogens with zero attached hydrogens (tertiary/aromatic N) is 2. The third kappa shape index (κ3) is 2.70. The number of hydrogen-bond acceptors (Lipinski definition) is 3. The van der Waals surface area contributed by atoms with Gasteiger partial charge in [-0.15, -0.1) is 0 Å². The Hall–Kier alpha value is -3.01. The number of halogens is 2. The van der Waals surface area contributed by atoms with Crippen molar-refractivity contribution in [2.45, 2.75) is 24.8 Å². The molecule has 1 heterocycles. The second-order valence-electron chi connectivity index (χ2n) is 6.32. The van der Waals surface area contributed by atoms with Gasteiger partial charge in [0, 0.05) is 18.2 Å². The van der Waals surface area contributed by atoms with Gasteiger partial charge in [0.25, 0.3) is 0 Å². The molecule has 2 aliphatic carbocycles. The third-order valence-electron chi connectivity index (χ3n) is 4.91. The number of fused-ring (bicyclic) bond motifs is 3. The van der Waals surface area contributed by atoms with E-state index in [9.17, 15) is 13.6 Å². The van der Waals surface area contributed by atoms with Gasteiger partial charge >= 0.3 is 6.03 Å². The number of urea groups is 1. The largest absolute Gasteiger partial charge is 0.334 e. The van der Waals surface area contributed by atoms with Crippen molar-refractivity contribution in [3.63, 3.8) is 0 Å². The first-order chi connectivity index (χ1) is 12.1. The Balaban J connectivity index is 1.45. The fraction of sp³-hybridized carbons (Fsp3) is 0.278. The molecule has 5 nitrogen and oxygen atoms in total. The highest BCUT2D eigenvalue weighted by Crippen LogP contribution is 2.55. The van der Waals surface area contributed by atoms with E-state index in [1.165, 1.54) is 12.3 Å². The molecule has 3 atom stereocenters. The van der Waals surface area contributed by atoms with E-state index in [-0.39, 0.29) is 23.7 Å². The fourth-order valence-corrected chi connectivity index (χ4v) is 3.70. The van der Waals surface area contributed by atoms with E-state index in [4.69, 9.17) is 5.26 Å². The summed E-state index contributed by atoms with van der Waals surface area (Å²) in [4.78, 5) is 16.1. The van der Waals surface area contributed by atoms with Gasteiger partial charge in [0.15, 0.2) is 0 Å². The van der Waals surface area contributed by atoms with Gasteiger partial charge in [-0.2, -0.15) is 5.26 Å². The number of hydrogen-bond donors (Lipinski definition) is 2. The molecule has 0 unspecified atom stereocenters. The molecule has 7 heteroatoms. The van der Waals surface area contributed by atoms with Crippen LogP contribution in [0.4, 0.5) is 19.4 Å². The lowest BCUT2D eigenvalue weighted by molar-refractivity contribution is 0.251. The van der Waals surface area contributed by atoms with Crippen molar-refractivity contribution in [1.29, 1.82) is 5.26 Å². The van der Waals surface area contributed by atoms with Gasteiger partial charge in [-0.05, 0) is 54.2 Å². The standard InChI is InChI=1S/C18H14F2N4O/c19-12-4-5-13(20)15-10(12)2-3-11-16(15)17(11)24-18(25)23-14-6-1-9(7-21)8-22-14/h1,4-6,8,11,16-17H,2-3H2,(H2,22,23,24,25)/t11-,16-,17-/m1/s1. The SMILES string of the molecule is N#Cc1ccc(NC(=O)N[C@@H]2[C@@H]3CCc4c(F)ccc(F)c4[C@@H]32)nc1. The van der Waals surface area contributed by atoms with Crippen LogP contribution in [0.25, 0.3) is 0 Å². The molecular weight excluding hydrogens is 326 g/mol. The van der Waals surface area contributed by atoms with Gasteiger partial charge in [0.05, 0.1) is 5.56 Å². The van der Waals surface area contributed by atoms with E-state index in [0.29, 0.717) is 28.9 Å². The van der Waals surface area contributed by atoms with Crippen molar-refractivity contribution >= 4 is 11.8 Å². The predicted molar refractivity (Wildman–Crippen MR) is 85.8 cm³/mol. The highest BCUT2D eigenvalue weighted by Gasteiger charge is 2.55. The number of anilines is 1. The number of nitrogens with one attached hydrogen (secondary N) is 2. The number of pyridine rings is 1.